The number of unbranched alkanes of at least 4 members (excludes halogenated alkanes) is 17. The minimum Gasteiger partial charge on any atom is -0.387 e. The zero-order valence-electron chi connectivity index (χ0n) is 34.4. The van der Waals surface area contributed by atoms with Crippen molar-refractivity contribution in [1.82, 2.24) is 5.32 Å². The molecule has 0 aromatic rings. The maximum atomic E-state index is 12.7. The summed E-state index contributed by atoms with van der Waals surface area (Å²) in [6.07, 6.45) is 52.4. The average molecular weight is 777 g/mol. The van der Waals surface area contributed by atoms with Crippen LogP contribution in [0.4, 0.5) is 0 Å². The molecule has 3 unspecified atom stereocenters. The number of carbonyl (C=O) groups excluding carboxylic acids is 1. The molecule has 0 bridgehead atoms. The van der Waals surface area contributed by atoms with Gasteiger partial charge in [0.25, 0.3) is 0 Å². The van der Waals surface area contributed by atoms with Crippen LogP contribution in [0.25, 0.3) is 0 Å². The first-order valence-electron chi connectivity index (χ1n) is 21.6. The Hall–Kier alpha value is -2.06. The summed E-state index contributed by atoms with van der Waals surface area (Å²) in [6, 6.07) is -0.892. The molecule has 0 spiro atoms. The van der Waals surface area contributed by atoms with Gasteiger partial charge in [-0.1, -0.05) is 164 Å². The van der Waals surface area contributed by atoms with Crippen molar-refractivity contribution in [3.05, 3.63) is 72.9 Å². The molecule has 312 valence electrons. The molecule has 3 atom stereocenters. The third-order valence-corrected chi connectivity index (χ3v) is 9.98. The molecule has 8 nitrogen and oxygen atoms in total. The number of phosphoric ester groups is 1. The number of rotatable bonds is 39. The molecule has 0 saturated heterocycles. The van der Waals surface area contributed by atoms with E-state index in [9.17, 15) is 19.4 Å². The maximum Gasteiger partial charge on any atom is 0.472 e. The fraction of sp³-hybridized carbons (Fsp3) is 0.711. The number of hydrogen-bond acceptors (Lipinski definition) is 6. The molecule has 0 saturated carbocycles. The lowest BCUT2D eigenvalue weighted by Crippen LogP contribution is -2.45. The predicted molar refractivity (Wildman–Crippen MR) is 230 cm³/mol. The largest absolute Gasteiger partial charge is 0.472 e. The number of aliphatic hydroxyl groups excluding tert-OH is 1. The lowest BCUT2D eigenvalue weighted by atomic mass is 10.1. The summed E-state index contributed by atoms with van der Waals surface area (Å²) in [6.45, 7) is 3.97. The van der Waals surface area contributed by atoms with Gasteiger partial charge in [0.15, 0.2) is 0 Å². The van der Waals surface area contributed by atoms with Gasteiger partial charge in [0.1, 0.15) is 0 Å². The standard InChI is InChI=1S/C45H81N2O6P/c1-3-5-7-9-11-13-15-17-19-21-23-24-26-28-30-32-34-36-38-44(48)43(42-53-54(50,51)52-41-40-46)47-45(49)39-37-35-33-31-29-27-25-22-20-18-16-14-12-10-8-6-4-2/h6,8,12,14,18,20-21,23,28,30,36,38,43-44,48H,3-5,7,9-11,13,15-17,19,22,24-27,29,31-35,37,39-42,46H2,1-2H3,(H,47,49)(H,50,51)/b8-6-,14-12-,20-18-,23-21+,30-28+,38-36+. The van der Waals surface area contributed by atoms with Gasteiger partial charge in [0.05, 0.1) is 25.4 Å². The zero-order valence-corrected chi connectivity index (χ0v) is 35.3. The lowest BCUT2D eigenvalue weighted by molar-refractivity contribution is -0.123. The molecule has 0 rings (SSSR count). The van der Waals surface area contributed by atoms with Crippen molar-refractivity contribution in [2.45, 2.75) is 187 Å². The summed E-state index contributed by atoms with van der Waals surface area (Å²) in [4.78, 5) is 22.7. The van der Waals surface area contributed by atoms with E-state index in [0.29, 0.717) is 6.42 Å². The molecule has 0 aliphatic rings. The summed E-state index contributed by atoms with van der Waals surface area (Å²) in [5.74, 6) is -0.222. The van der Waals surface area contributed by atoms with Gasteiger partial charge >= 0.3 is 7.82 Å². The number of nitrogens with one attached hydrogen (secondary N) is 1. The van der Waals surface area contributed by atoms with E-state index in [1.165, 1.54) is 77.0 Å². The first-order chi connectivity index (χ1) is 26.4. The van der Waals surface area contributed by atoms with Crippen LogP contribution in [0.5, 0.6) is 0 Å². The molecule has 5 N–H and O–H groups in total. The zero-order chi connectivity index (χ0) is 39.6. The summed E-state index contributed by atoms with van der Waals surface area (Å²) in [5.41, 5.74) is 5.37. The Bertz CT molecular complexity index is 1070. The second kappa shape index (κ2) is 40.6. The third-order valence-electron chi connectivity index (χ3n) is 8.99. The van der Waals surface area contributed by atoms with Crippen molar-refractivity contribution in [1.29, 1.82) is 0 Å². The smallest absolute Gasteiger partial charge is 0.387 e. The summed E-state index contributed by atoms with van der Waals surface area (Å²) in [7, 11) is -4.36. The van der Waals surface area contributed by atoms with E-state index in [1.54, 1.807) is 6.08 Å². The SMILES string of the molecule is CC/C=C\C/C=C\C/C=C\CCCCCCCCCC(=O)NC(COP(=O)(O)OCCN)C(O)/C=C/CC/C=C/CC/C=C/CCCCCCCCCC. The van der Waals surface area contributed by atoms with Crippen LogP contribution < -0.4 is 11.1 Å². The van der Waals surface area contributed by atoms with Gasteiger partial charge in [-0.2, -0.15) is 0 Å². The van der Waals surface area contributed by atoms with E-state index in [4.69, 9.17) is 14.8 Å². The van der Waals surface area contributed by atoms with Gasteiger partial charge in [-0.15, -0.1) is 0 Å². The topological polar surface area (TPSA) is 131 Å². The Morgan fingerprint density at radius 1 is 0.630 bits per heavy atom. The minimum absolute atomic E-state index is 0.0666. The van der Waals surface area contributed by atoms with Crippen molar-refractivity contribution < 1.29 is 28.4 Å². The second-order valence-corrected chi connectivity index (χ2v) is 15.6. The molecule has 0 aliphatic carbocycles. The van der Waals surface area contributed by atoms with E-state index in [1.807, 2.05) is 6.08 Å². The number of amides is 1. The molecule has 0 aliphatic heterocycles. The fourth-order valence-corrected chi connectivity index (χ4v) is 6.52. The molecular weight excluding hydrogens is 695 g/mol. The Morgan fingerprint density at radius 2 is 1.09 bits per heavy atom. The van der Waals surface area contributed by atoms with E-state index >= 15 is 0 Å². The number of nitrogens with two attached hydrogens (primary N) is 1. The van der Waals surface area contributed by atoms with Gasteiger partial charge < -0.3 is 21.1 Å². The maximum absolute atomic E-state index is 12.7. The van der Waals surface area contributed by atoms with E-state index in [0.717, 1.165) is 77.0 Å². The van der Waals surface area contributed by atoms with E-state index in [2.05, 4.69) is 79.9 Å². The Morgan fingerprint density at radius 3 is 1.65 bits per heavy atom. The highest BCUT2D eigenvalue weighted by atomic mass is 31.2. The number of carbonyl (C=O) groups is 1. The van der Waals surface area contributed by atoms with Crippen LogP contribution in [0, 0.1) is 0 Å². The first kappa shape index (κ1) is 51.9. The van der Waals surface area contributed by atoms with Crippen molar-refractivity contribution >= 4 is 13.7 Å². The van der Waals surface area contributed by atoms with Crippen LogP contribution in [0.3, 0.4) is 0 Å². The molecule has 0 radical (unpaired) electrons. The number of phosphoric acid groups is 1. The van der Waals surface area contributed by atoms with Crippen molar-refractivity contribution in [3.8, 4) is 0 Å². The minimum atomic E-state index is -4.36. The Balaban J connectivity index is 4.34. The van der Waals surface area contributed by atoms with E-state index in [-0.39, 0.29) is 25.7 Å². The highest BCUT2D eigenvalue weighted by Crippen LogP contribution is 2.43. The molecule has 0 fully saturated rings. The number of hydrogen-bond donors (Lipinski definition) is 4. The average Bonchev–Trinajstić information content (AvgIpc) is 3.16. The van der Waals surface area contributed by atoms with Crippen LogP contribution in [-0.4, -0.2) is 47.8 Å². The van der Waals surface area contributed by atoms with Crippen LogP contribution >= 0.6 is 7.82 Å². The monoisotopic (exact) mass is 777 g/mol. The van der Waals surface area contributed by atoms with Crippen LogP contribution in [0.1, 0.15) is 174 Å². The Kier molecular flexibility index (Phi) is 39.0. The predicted octanol–water partition coefficient (Wildman–Crippen LogP) is 12.1. The van der Waals surface area contributed by atoms with Crippen molar-refractivity contribution in [2.24, 2.45) is 5.73 Å². The molecule has 0 aromatic carbocycles. The van der Waals surface area contributed by atoms with Crippen LogP contribution in [-0.2, 0) is 18.4 Å². The quantitative estimate of drug-likeness (QED) is 0.0278. The van der Waals surface area contributed by atoms with E-state index < -0.39 is 20.0 Å². The fourth-order valence-electron chi connectivity index (χ4n) is 5.76. The summed E-state index contributed by atoms with van der Waals surface area (Å²) in [5, 5.41) is 13.6. The van der Waals surface area contributed by atoms with Gasteiger partial charge in [-0.25, -0.2) is 4.57 Å². The third kappa shape index (κ3) is 38.2. The van der Waals surface area contributed by atoms with Crippen molar-refractivity contribution in [2.75, 3.05) is 19.8 Å². The van der Waals surface area contributed by atoms with Gasteiger partial charge in [0.2, 0.25) is 5.91 Å². The first-order valence-corrected chi connectivity index (χ1v) is 23.1. The number of allylic oxidation sites excluding steroid dienone is 11. The van der Waals surface area contributed by atoms with Gasteiger partial charge in [-0.3, -0.25) is 13.8 Å². The van der Waals surface area contributed by atoms with Gasteiger partial charge in [0, 0.05) is 13.0 Å². The molecular formula is C45H81N2O6P. The summed E-state index contributed by atoms with van der Waals surface area (Å²) >= 11 is 0. The second-order valence-electron chi connectivity index (χ2n) is 14.1. The lowest BCUT2D eigenvalue weighted by Gasteiger charge is -2.23. The molecule has 0 heterocycles. The molecule has 1 amide bonds. The van der Waals surface area contributed by atoms with Gasteiger partial charge in [-0.05, 0) is 77.0 Å². The van der Waals surface area contributed by atoms with Crippen LogP contribution in [0.15, 0.2) is 72.9 Å². The Labute approximate surface area is 331 Å². The van der Waals surface area contributed by atoms with Crippen LogP contribution in [0.2, 0.25) is 0 Å². The number of aliphatic hydroxyl groups is 1. The normalized spacial score (nSPS) is 14.8. The highest BCUT2D eigenvalue weighted by Gasteiger charge is 2.26. The summed E-state index contributed by atoms with van der Waals surface area (Å²) < 4.78 is 22.1. The molecule has 54 heavy (non-hydrogen) atoms. The molecule has 0 aromatic heterocycles. The van der Waals surface area contributed by atoms with Crippen molar-refractivity contribution in [3.63, 3.8) is 0 Å². The highest BCUT2D eigenvalue weighted by molar-refractivity contribution is 7.47. The molecule has 9 heteroatoms.